The number of nitrogens with zero attached hydrogens (tertiary/aromatic N) is 10. The van der Waals surface area contributed by atoms with E-state index in [1.165, 1.54) is 10.9 Å². The lowest BCUT2D eigenvalue weighted by molar-refractivity contribution is -0.386. The van der Waals surface area contributed by atoms with Gasteiger partial charge in [-0.15, -0.1) is 0 Å². The minimum Gasteiger partial charge on any atom is -0.377 e. The Morgan fingerprint density at radius 3 is 1.79 bits per heavy atom. The molecular weight excluding hydrogens is 572 g/mol. The molecule has 42 heavy (non-hydrogen) atoms. The predicted molar refractivity (Wildman–Crippen MR) is 158 cm³/mol. The molecule has 0 radical (unpaired) electrons. The average molecular weight is 609 g/mol. The third kappa shape index (κ3) is 7.43. The first-order chi connectivity index (χ1) is 19.1. The largest absolute Gasteiger partial charge is 0.377 e. The number of imidazole rings is 1. The number of morpholine rings is 2. The highest BCUT2D eigenvalue weighted by atomic mass is 35.5. The molecule has 0 bridgehead atoms. The molecule has 0 aromatic carbocycles. The number of nitro groups is 2. The van der Waals surface area contributed by atoms with Crippen LogP contribution in [0.2, 0.25) is 5.15 Å². The number of aryl methyl sites for hydroxylation is 2. The second-order valence-corrected chi connectivity index (χ2v) is 9.61. The van der Waals surface area contributed by atoms with E-state index in [1.54, 1.807) is 26.2 Å². The Labute approximate surface area is 249 Å². The van der Waals surface area contributed by atoms with Gasteiger partial charge >= 0.3 is 11.4 Å². The van der Waals surface area contributed by atoms with E-state index in [-0.39, 0.29) is 55.0 Å². The summed E-state index contributed by atoms with van der Waals surface area (Å²) >= 11 is 5.85. The topological polar surface area (TPSA) is 181 Å². The molecule has 2 fully saturated rings. The molecule has 17 heteroatoms. The lowest BCUT2D eigenvalue weighted by atomic mass is 10.2. The number of hydrogen-bond donors (Lipinski definition) is 0. The number of halogens is 1. The van der Waals surface area contributed by atoms with Gasteiger partial charge in [-0.2, -0.15) is 9.97 Å². The van der Waals surface area contributed by atoms with Crippen molar-refractivity contribution in [1.29, 1.82) is 0 Å². The molecule has 2 saturated heterocycles. The van der Waals surface area contributed by atoms with E-state index >= 15 is 0 Å². The van der Waals surface area contributed by atoms with Crippen LogP contribution in [0, 0.1) is 34.1 Å². The van der Waals surface area contributed by atoms with E-state index in [9.17, 15) is 20.2 Å². The van der Waals surface area contributed by atoms with Gasteiger partial charge in [0.05, 0.1) is 48.4 Å². The maximum atomic E-state index is 11.3. The van der Waals surface area contributed by atoms with E-state index in [4.69, 9.17) is 21.1 Å². The average Bonchev–Trinajstić information content (AvgIpc) is 3.43. The smallest absolute Gasteiger partial charge is 0.333 e. The minimum absolute atomic E-state index is 0. The molecule has 0 aliphatic carbocycles. The molecule has 0 saturated carbocycles. The summed E-state index contributed by atoms with van der Waals surface area (Å²) in [5.74, 6) is 1.12. The first-order valence-corrected chi connectivity index (χ1v) is 12.8. The van der Waals surface area contributed by atoms with Crippen molar-refractivity contribution in [3.05, 3.63) is 55.5 Å². The predicted octanol–water partition coefficient (Wildman–Crippen LogP) is 3.95. The Morgan fingerprint density at radius 1 is 0.857 bits per heavy atom. The molecule has 3 aromatic heterocycles. The third-order valence-corrected chi connectivity index (χ3v) is 6.66. The van der Waals surface area contributed by atoms with Gasteiger partial charge in [0.25, 0.3) is 0 Å². The van der Waals surface area contributed by atoms with Crippen LogP contribution in [0.3, 0.4) is 0 Å². The van der Waals surface area contributed by atoms with Gasteiger partial charge in [0, 0.05) is 25.5 Å². The van der Waals surface area contributed by atoms with E-state index in [2.05, 4.69) is 24.9 Å². The molecular formula is C25H37ClN10O6. The summed E-state index contributed by atoms with van der Waals surface area (Å²) in [4.78, 5) is 45.9. The molecule has 16 nitrogen and oxygen atoms in total. The van der Waals surface area contributed by atoms with Crippen molar-refractivity contribution in [3.8, 4) is 5.82 Å². The van der Waals surface area contributed by atoms with Crippen molar-refractivity contribution >= 4 is 34.9 Å². The van der Waals surface area contributed by atoms with Crippen molar-refractivity contribution in [1.82, 2.24) is 29.5 Å². The molecule has 0 amide bonds. The molecule has 0 N–H and O–H groups in total. The minimum atomic E-state index is -0.565. The zero-order valence-corrected chi connectivity index (χ0v) is 23.2. The summed E-state index contributed by atoms with van der Waals surface area (Å²) in [5, 5.41) is 22.0. The highest BCUT2D eigenvalue weighted by Gasteiger charge is 2.29. The summed E-state index contributed by atoms with van der Waals surface area (Å²) in [7, 11) is 0. The number of anilines is 2. The van der Waals surface area contributed by atoms with Gasteiger partial charge in [0.1, 0.15) is 17.7 Å². The summed E-state index contributed by atoms with van der Waals surface area (Å²) < 4.78 is 12.3. The van der Waals surface area contributed by atoms with Crippen LogP contribution in [-0.4, -0.2) is 90.9 Å². The van der Waals surface area contributed by atoms with Crippen LogP contribution in [0.15, 0.2) is 18.7 Å². The van der Waals surface area contributed by atoms with Gasteiger partial charge in [-0.3, -0.25) is 24.8 Å². The standard InChI is InChI=1S/C13H16N6O3.C10H13ClN4O3.2CH4/c1-9-7-22-6-5-18(9)13-15-10(2)11(19(20)21)12(16-13)17-4-3-14-8-17;1-6-5-18-4-3-14(6)10-12-7(2)8(15(16)17)9(11)13-10;;/h3-4,8-9H,5-7H2,1-2H3;6H,3-5H2,1-2H3;2*1H4/t9-;6-;;/m00../s1. The maximum Gasteiger partial charge on any atom is 0.333 e. The van der Waals surface area contributed by atoms with E-state index in [1.807, 2.05) is 23.6 Å². The number of rotatable bonds is 5. The normalized spacial score (nSPS) is 18.2. The number of hydrogen-bond acceptors (Lipinski definition) is 13. The maximum absolute atomic E-state index is 11.3. The van der Waals surface area contributed by atoms with Crippen LogP contribution >= 0.6 is 11.6 Å². The third-order valence-electron chi connectivity index (χ3n) is 6.40. The molecule has 5 heterocycles. The first-order valence-electron chi connectivity index (χ1n) is 12.5. The van der Waals surface area contributed by atoms with E-state index in [0.29, 0.717) is 57.1 Å². The summed E-state index contributed by atoms with van der Waals surface area (Å²) in [6.45, 7) is 10.8. The fraction of sp³-hybridized carbons (Fsp3) is 0.560. The summed E-state index contributed by atoms with van der Waals surface area (Å²) in [6.07, 6.45) is 4.67. The molecule has 0 unspecified atom stereocenters. The molecule has 2 aliphatic heterocycles. The Bertz CT molecular complexity index is 1350. The zero-order chi connectivity index (χ0) is 29.0. The highest BCUT2D eigenvalue weighted by molar-refractivity contribution is 6.31. The van der Waals surface area contributed by atoms with Crippen molar-refractivity contribution in [2.75, 3.05) is 49.3 Å². The van der Waals surface area contributed by atoms with E-state index < -0.39 is 9.85 Å². The van der Waals surface area contributed by atoms with Crippen LogP contribution < -0.4 is 9.80 Å². The van der Waals surface area contributed by atoms with Crippen LogP contribution in [0.4, 0.5) is 23.3 Å². The van der Waals surface area contributed by atoms with Gasteiger partial charge in [0.2, 0.25) is 22.9 Å². The van der Waals surface area contributed by atoms with E-state index in [0.717, 1.165) is 0 Å². The van der Waals surface area contributed by atoms with Crippen LogP contribution in [0.25, 0.3) is 5.82 Å². The number of ether oxygens (including phenoxy) is 2. The first kappa shape index (κ1) is 34.2. The molecule has 3 aromatic rings. The van der Waals surface area contributed by atoms with Crippen molar-refractivity contribution in [3.63, 3.8) is 0 Å². The molecule has 2 atom stereocenters. The quantitative estimate of drug-likeness (QED) is 0.231. The van der Waals surface area contributed by atoms with Crippen molar-refractivity contribution in [2.45, 2.75) is 54.6 Å². The van der Waals surface area contributed by atoms with Gasteiger partial charge in [0.15, 0.2) is 0 Å². The molecule has 0 spiro atoms. The van der Waals surface area contributed by atoms with Crippen molar-refractivity contribution in [2.24, 2.45) is 0 Å². The Balaban J connectivity index is 0.000000285. The van der Waals surface area contributed by atoms with Gasteiger partial charge in [-0.1, -0.05) is 26.5 Å². The molecule has 230 valence electrons. The fourth-order valence-electron chi connectivity index (χ4n) is 4.35. The molecule has 2 aliphatic rings. The van der Waals surface area contributed by atoms with Gasteiger partial charge < -0.3 is 19.3 Å². The summed E-state index contributed by atoms with van der Waals surface area (Å²) in [6, 6.07) is 0.237. The Morgan fingerprint density at radius 2 is 1.36 bits per heavy atom. The second kappa shape index (κ2) is 14.7. The lowest BCUT2D eigenvalue weighted by Gasteiger charge is -2.33. The number of aromatic nitrogens is 6. The zero-order valence-electron chi connectivity index (χ0n) is 22.4. The monoisotopic (exact) mass is 608 g/mol. The Hall–Kier alpha value is -4.02. The highest BCUT2D eigenvalue weighted by Crippen LogP contribution is 2.29. The van der Waals surface area contributed by atoms with Crippen LogP contribution in [0.1, 0.15) is 40.1 Å². The molecule has 5 rings (SSSR count). The SMILES string of the molecule is C.C.Cc1nc(N2CCOC[C@@H]2C)nc(-n2ccnc2)c1[N+](=O)[O-].Cc1nc(N2CCOC[C@@H]2C)nc(Cl)c1[N+](=O)[O-]. The summed E-state index contributed by atoms with van der Waals surface area (Å²) in [5.41, 5.74) is 0.259. The van der Waals surface area contributed by atoms with Crippen LogP contribution in [0.5, 0.6) is 0 Å². The van der Waals surface area contributed by atoms with Gasteiger partial charge in [-0.25, -0.2) is 15.0 Å². The van der Waals surface area contributed by atoms with Crippen LogP contribution in [-0.2, 0) is 9.47 Å². The Kier molecular flexibility index (Phi) is 12.0. The lowest BCUT2D eigenvalue weighted by Crippen LogP contribution is -2.44. The fourth-order valence-corrected chi connectivity index (χ4v) is 4.63. The van der Waals surface area contributed by atoms with Crippen molar-refractivity contribution < 1.29 is 19.3 Å². The second-order valence-electron chi connectivity index (χ2n) is 9.25. The van der Waals surface area contributed by atoms with Gasteiger partial charge in [-0.05, 0) is 27.7 Å².